The molecule has 0 N–H and O–H groups in total. The first kappa shape index (κ1) is 36.0. The van der Waals surface area contributed by atoms with Crippen LogP contribution in [-0.2, 0) is 0 Å². The quantitative estimate of drug-likeness (QED) is 0.157. The van der Waals surface area contributed by atoms with Crippen LogP contribution < -0.4 is 0 Å². The zero-order valence-electron chi connectivity index (χ0n) is 34.5. The van der Waals surface area contributed by atoms with Gasteiger partial charge in [0.25, 0.3) is 0 Å². The number of rotatable bonds is 6. The molecule has 298 valence electrons. The molecule has 0 bridgehead atoms. The van der Waals surface area contributed by atoms with Crippen molar-refractivity contribution in [2.45, 2.75) is 0 Å². The fourth-order valence-electron chi connectivity index (χ4n) is 9.63. The summed E-state index contributed by atoms with van der Waals surface area (Å²) < 4.78 is 8.84. The van der Waals surface area contributed by atoms with Gasteiger partial charge >= 0.3 is 0 Å². The lowest BCUT2D eigenvalue weighted by atomic mass is 9.94. The van der Waals surface area contributed by atoms with Crippen molar-refractivity contribution >= 4 is 65.4 Å². The van der Waals surface area contributed by atoms with Gasteiger partial charge in [0.1, 0.15) is 11.2 Å². The SMILES string of the molecule is c1ccc(-c2nc(-c3ccc(-c4ccc5c(c4)nc(-c4ccccc4)c4c5ccc5c4c4ccccc4n5-c4ccccc4)cc3)cc(-c3cccc4c3oc3ccccc34)n2)cc1. The van der Waals surface area contributed by atoms with Gasteiger partial charge in [-0.3, -0.25) is 0 Å². The molecular weight excluding hydrogens is 781 g/mol. The zero-order valence-corrected chi connectivity index (χ0v) is 34.5. The van der Waals surface area contributed by atoms with Crippen molar-refractivity contribution in [2.24, 2.45) is 0 Å². The lowest BCUT2D eigenvalue weighted by Gasteiger charge is -2.14. The summed E-state index contributed by atoms with van der Waals surface area (Å²) in [5.74, 6) is 0.661. The molecule has 4 heterocycles. The third-order valence-corrected chi connectivity index (χ3v) is 12.6. The van der Waals surface area contributed by atoms with Gasteiger partial charge in [-0.25, -0.2) is 15.0 Å². The fraction of sp³-hybridized carbons (Fsp3) is 0. The van der Waals surface area contributed by atoms with E-state index in [4.69, 9.17) is 19.4 Å². The van der Waals surface area contributed by atoms with Crippen LogP contribution in [0, 0.1) is 0 Å². The van der Waals surface area contributed by atoms with Crippen LogP contribution in [0.1, 0.15) is 0 Å². The fourth-order valence-corrected chi connectivity index (χ4v) is 9.63. The molecule has 4 aromatic heterocycles. The van der Waals surface area contributed by atoms with E-state index in [9.17, 15) is 0 Å². The summed E-state index contributed by atoms with van der Waals surface area (Å²) >= 11 is 0. The van der Waals surface area contributed by atoms with E-state index in [1.165, 1.54) is 21.7 Å². The number of fused-ring (bicyclic) bond motifs is 10. The van der Waals surface area contributed by atoms with Gasteiger partial charge < -0.3 is 8.98 Å². The Kier molecular flexibility index (Phi) is 8.15. The van der Waals surface area contributed by atoms with Crippen LogP contribution in [0.2, 0.25) is 0 Å². The minimum atomic E-state index is 0.661. The van der Waals surface area contributed by atoms with E-state index >= 15 is 0 Å². The molecule has 0 aliphatic carbocycles. The van der Waals surface area contributed by atoms with Crippen molar-refractivity contribution in [3.63, 3.8) is 0 Å². The second-order valence-electron chi connectivity index (χ2n) is 16.3. The Morgan fingerprint density at radius 3 is 1.81 bits per heavy atom. The molecule has 0 spiro atoms. The molecule has 0 atom stereocenters. The topological polar surface area (TPSA) is 56.7 Å². The number of pyridine rings is 1. The highest BCUT2D eigenvalue weighted by molar-refractivity contribution is 6.28. The lowest BCUT2D eigenvalue weighted by molar-refractivity contribution is 0.670. The van der Waals surface area contributed by atoms with Gasteiger partial charge in [0.2, 0.25) is 0 Å². The molecule has 13 aromatic rings. The van der Waals surface area contributed by atoms with Gasteiger partial charge in [-0.15, -0.1) is 0 Å². The maximum absolute atomic E-state index is 6.47. The standard InChI is InChI=1S/C59H36N4O/c1-4-15-39(16-5-1)57-56-45(33-34-53-55(56)48-22-10-12-25-52(48)63(53)42-19-8-3-9-20-42)43-32-31-41(35-50(43)60-57)37-27-29-38(30-28-37)49-36-51(62-59(61-49)40-17-6-2-7-18-40)47-24-14-23-46-44-21-11-13-26-54(44)64-58(46)47/h1-36H. The monoisotopic (exact) mass is 816 g/mol. The van der Waals surface area contributed by atoms with Crippen LogP contribution in [0.4, 0.5) is 0 Å². The average molecular weight is 817 g/mol. The normalized spacial score (nSPS) is 11.8. The summed E-state index contributed by atoms with van der Waals surface area (Å²) in [5.41, 5.74) is 14.9. The van der Waals surface area contributed by atoms with Crippen LogP contribution in [-0.4, -0.2) is 19.5 Å². The summed E-state index contributed by atoms with van der Waals surface area (Å²) in [6.45, 7) is 0. The first-order valence-corrected chi connectivity index (χ1v) is 21.6. The molecule has 0 fully saturated rings. The maximum atomic E-state index is 6.47. The van der Waals surface area contributed by atoms with E-state index < -0.39 is 0 Å². The van der Waals surface area contributed by atoms with E-state index in [-0.39, 0.29) is 0 Å². The Hall–Kier alpha value is -8.67. The molecule has 5 nitrogen and oxygen atoms in total. The van der Waals surface area contributed by atoms with Crippen LogP contribution in [0.3, 0.4) is 0 Å². The second kappa shape index (κ2) is 14.5. The molecule has 9 aromatic carbocycles. The Morgan fingerprint density at radius 2 is 1.00 bits per heavy atom. The van der Waals surface area contributed by atoms with Crippen molar-refractivity contribution in [2.75, 3.05) is 0 Å². The third-order valence-electron chi connectivity index (χ3n) is 12.6. The molecular formula is C59H36N4O. The Morgan fingerprint density at radius 1 is 0.359 bits per heavy atom. The van der Waals surface area contributed by atoms with Crippen LogP contribution in [0.25, 0.3) is 127 Å². The number of aromatic nitrogens is 4. The summed E-state index contributed by atoms with van der Waals surface area (Å²) in [6, 6.07) is 76.6. The first-order chi connectivity index (χ1) is 31.7. The molecule has 0 saturated carbocycles. The Balaban J connectivity index is 0.949. The summed E-state index contributed by atoms with van der Waals surface area (Å²) in [6.07, 6.45) is 0. The first-order valence-electron chi connectivity index (χ1n) is 21.6. The second-order valence-corrected chi connectivity index (χ2v) is 16.3. The van der Waals surface area contributed by atoms with Crippen molar-refractivity contribution in [1.29, 1.82) is 0 Å². The largest absolute Gasteiger partial charge is 0.455 e. The van der Waals surface area contributed by atoms with Crippen LogP contribution in [0.5, 0.6) is 0 Å². The van der Waals surface area contributed by atoms with Crippen molar-refractivity contribution in [3.8, 4) is 62.0 Å². The highest BCUT2D eigenvalue weighted by atomic mass is 16.3. The van der Waals surface area contributed by atoms with Crippen molar-refractivity contribution < 1.29 is 4.42 Å². The van der Waals surface area contributed by atoms with E-state index in [0.29, 0.717) is 5.82 Å². The average Bonchev–Trinajstić information content (AvgIpc) is 3.93. The minimum absolute atomic E-state index is 0.661. The number of furan rings is 1. The van der Waals surface area contributed by atoms with Gasteiger partial charge in [0, 0.05) is 60.3 Å². The summed E-state index contributed by atoms with van der Waals surface area (Å²) in [5, 5.41) is 8.04. The van der Waals surface area contributed by atoms with E-state index in [1.54, 1.807) is 0 Å². The van der Waals surface area contributed by atoms with Gasteiger partial charge in [0.15, 0.2) is 5.82 Å². The van der Waals surface area contributed by atoms with E-state index in [2.05, 4.69) is 187 Å². The van der Waals surface area contributed by atoms with E-state index in [1.807, 2.05) is 36.4 Å². The number of para-hydroxylation sites is 4. The van der Waals surface area contributed by atoms with Gasteiger partial charge in [-0.05, 0) is 65.0 Å². The molecule has 0 saturated heterocycles. The smallest absolute Gasteiger partial charge is 0.160 e. The highest BCUT2D eigenvalue weighted by Gasteiger charge is 2.21. The maximum Gasteiger partial charge on any atom is 0.160 e. The molecule has 0 aliphatic heterocycles. The van der Waals surface area contributed by atoms with Crippen LogP contribution in [0.15, 0.2) is 223 Å². The van der Waals surface area contributed by atoms with Crippen LogP contribution >= 0.6 is 0 Å². The highest BCUT2D eigenvalue weighted by Crippen LogP contribution is 2.43. The van der Waals surface area contributed by atoms with Gasteiger partial charge in [-0.1, -0.05) is 170 Å². The lowest BCUT2D eigenvalue weighted by Crippen LogP contribution is -1.96. The molecule has 0 amide bonds. The number of nitrogens with zero attached hydrogens (tertiary/aromatic N) is 4. The Bertz CT molecular complexity index is 3930. The summed E-state index contributed by atoms with van der Waals surface area (Å²) in [7, 11) is 0. The zero-order chi connectivity index (χ0) is 42.1. The molecule has 13 rings (SSSR count). The third kappa shape index (κ3) is 5.75. The molecule has 0 radical (unpaired) electrons. The summed E-state index contributed by atoms with van der Waals surface area (Å²) in [4.78, 5) is 15.8. The van der Waals surface area contributed by atoms with Crippen molar-refractivity contribution in [3.05, 3.63) is 218 Å². The molecule has 5 heteroatoms. The Labute approximate surface area is 368 Å². The number of benzene rings is 9. The van der Waals surface area contributed by atoms with Gasteiger partial charge in [-0.2, -0.15) is 0 Å². The molecule has 0 unspecified atom stereocenters. The van der Waals surface area contributed by atoms with Gasteiger partial charge in [0.05, 0.1) is 33.6 Å². The number of hydrogen-bond acceptors (Lipinski definition) is 4. The number of hydrogen-bond donors (Lipinski definition) is 0. The van der Waals surface area contributed by atoms with Crippen molar-refractivity contribution in [1.82, 2.24) is 19.5 Å². The molecule has 0 aliphatic rings. The molecule has 64 heavy (non-hydrogen) atoms. The van der Waals surface area contributed by atoms with E-state index in [0.717, 1.165) is 99.9 Å². The minimum Gasteiger partial charge on any atom is -0.455 e. The predicted octanol–water partition coefficient (Wildman–Crippen LogP) is 15.5. The predicted molar refractivity (Wildman–Crippen MR) is 264 cm³/mol.